The van der Waals surface area contributed by atoms with Gasteiger partial charge >= 0.3 is 0 Å². The lowest BCUT2D eigenvalue weighted by atomic mass is 10.3. The summed E-state index contributed by atoms with van der Waals surface area (Å²) in [5.74, 6) is 0.879. The van der Waals surface area contributed by atoms with Gasteiger partial charge in [0.05, 0.1) is 7.11 Å². The number of unbranched alkanes of at least 4 members (excludes halogenated alkanes) is 2. The highest BCUT2D eigenvalue weighted by Gasteiger charge is 1.88. The Morgan fingerprint density at radius 1 is 1.27 bits per heavy atom. The van der Waals surface area contributed by atoms with Crippen LogP contribution in [0.4, 0.5) is 0 Å². The van der Waals surface area contributed by atoms with Gasteiger partial charge in [-0.15, -0.1) is 0 Å². The van der Waals surface area contributed by atoms with Crippen molar-refractivity contribution in [1.82, 2.24) is 0 Å². The first-order chi connectivity index (χ1) is 7.24. The summed E-state index contributed by atoms with van der Waals surface area (Å²) >= 11 is 6.67. The van der Waals surface area contributed by atoms with Crippen molar-refractivity contribution in [2.24, 2.45) is 0 Å². The van der Waals surface area contributed by atoms with Gasteiger partial charge in [-0.2, -0.15) is 0 Å². The summed E-state index contributed by atoms with van der Waals surface area (Å²) in [7, 11) is 1.65. The molecule has 0 spiro atoms. The van der Waals surface area contributed by atoms with Crippen LogP contribution in [0.3, 0.4) is 0 Å². The molecule has 0 aliphatic carbocycles. The van der Waals surface area contributed by atoms with Gasteiger partial charge in [0, 0.05) is 9.80 Å². The monoisotopic (exact) mass is 336 g/mol. The predicted molar refractivity (Wildman–Crippen MR) is 74.0 cm³/mol. The molecule has 1 nitrogen and oxygen atoms in total. The quantitative estimate of drug-likeness (QED) is 0.553. The Labute approximate surface area is 109 Å². The van der Waals surface area contributed by atoms with Crippen LogP contribution in [0.2, 0.25) is 0 Å². The van der Waals surface area contributed by atoms with Gasteiger partial charge in [-0.1, -0.05) is 57.7 Å². The zero-order chi connectivity index (χ0) is 11.5. The molecule has 0 radical (unpaired) electrons. The second-order valence-electron chi connectivity index (χ2n) is 3.06. The molecule has 86 valence electrons. The second kappa shape index (κ2) is 10.5. The first-order valence-electron chi connectivity index (χ1n) is 5.10. The third kappa shape index (κ3) is 8.94. The van der Waals surface area contributed by atoms with E-state index in [4.69, 9.17) is 4.74 Å². The van der Waals surface area contributed by atoms with Crippen molar-refractivity contribution in [3.8, 4) is 5.75 Å². The molecule has 0 aliphatic rings. The number of halogens is 2. The van der Waals surface area contributed by atoms with Crippen LogP contribution in [0, 0.1) is 0 Å². The highest BCUT2D eigenvalue weighted by Crippen LogP contribution is 2.16. The minimum atomic E-state index is 0.879. The summed E-state index contributed by atoms with van der Waals surface area (Å²) in [6, 6.07) is 7.72. The van der Waals surface area contributed by atoms with Crippen molar-refractivity contribution in [1.29, 1.82) is 0 Å². The van der Waals surface area contributed by atoms with Crippen LogP contribution >= 0.6 is 31.9 Å². The average molecular weight is 338 g/mol. The van der Waals surface area contributed by atoms with E-state index in [1.807, 2.05) is 24.3 Å². The van der Waals surface area contributed by atoms with E-state index < -0.39 is 0 Å². The van der Waals surface area contributed by atoms with E-state index in [1.54, 1.807) is 7.11 Å². The Morgan fingerprint density at radius 2 is 2.00 bits per heavy atom. The minimum Gasteiger partial charge on any atom is -0.497 e. The summed E-state index contributed by atoms with van der Waals surface area (Å²) in [5, 5.41) is 1.17. The maximum atomic E-state index is 4.96. The molecular weight excluding hydrogens is 320 g/mol. The molecule has 0 fully saturated rings. The third-order valence-electron chi connectivity index (χ3n) is 1.77. The standard InChI is InChI=1S/C7H7BrO.C5H11Br/c1-9-7-4-2-3-6(8)5-7;1-2-3-4-5-6/h2-5H,1H3;2-5H2,1H3. The topological polar surface area (TPSA) is 9.23 Å². The number of benzene rings is 1. The van der Waals surface area contributed by atoms with Gasteiger partial charge in [0.25, 0.3) is 0 Å². The molecule has 0 bridgehead atoms. The molecule has 3 heteroatoms. The molecular formula is C12H18Br2O. The predicted octanol–water partition coefficient (Wildman–Crippen LogP) is 5.03. The van der Waals surface area contributed by atoms with E-state index in [-0.39, 0.29) is 0 Å². The Balaban J connectivity index is 0.000000288. The van der Waals surface area contributed by atoms with Crippen LogP contribution in [0.5, 0.6) is 5.75 Å². The molecule has 1 rings (SSSR count). The van der Waals surface area contributed by atoms with Crippen LogP contribution in [0.1, 0.15) is 26.2 Å². The molecule has 0 saturated carbocycles. The fraction of sp³-hybridized carbons (Fsp3) is 0.500. The Kier molecular flexibility index (Phi) is 10.5. The number of ether oxygens (including phenoxy) is 1. The zero-order valence-electron chi connectivity index (χ0n) is 9.30. The number of hydrogen-bond acceptors (Lipinski definition) is 1. The molecule has 15 heavy (non-hydrogen) atoms. The lowest BCUT2D eigenvalue weighted by molar-refractivity contribution is 0.414. The van der Waals surface area contributed by atoms with Gasteiger partial charge in [0.1, 0.15) is 5.75 Å². The van der Waals surface area contributed by atoms with E-state index >= 15 is 0 Å². The van der Waals surface area contributed by atoms with Gasteiger partial charge in [0.15, 0.2) is 0 Å². The first-order valence-corrected chi connectivity index (χ1v) is 7.01. The molecule has 1 aromatic carbocycles. The van der Waals surface area contributed by atoms with Crippen molar-refractivity contribution in [2.45, 2.75) is 26.2 Å². The Hall–Kier alpha value is -0.0200. The molecule has 0 heterocycles. The van der Waals surface area contributed by atoms with Crippen molar-refractivity contribution >= 4 is 31.9 Å². The molecule has 1 aromatic rings. The Morgan fingerprint density at radius 3 is 2.33 bits per heavy atom. The van der Waals surface area contributed by atoms with Crippen LogP contribution < -0.4 is 4.74 Å². The SMILES string of the molecule is CCCCCBr.COc1cccc(Br)c1. The van der Waals surface area contributed by atoms with Crippen LogP contribution in [0.15, 0.2) is 28.7 Å². The number of methoxy groups -OCH3 is 1. The van der Waals surface area contributed by atoms with Crippen molar-refractivity contribution in [3.05, 3.63) is 28.7 Å². The molecule has 0 amide bonds. The van der Waals surface area contributed by atoms with Gasteiger partial charge in [0.2, 0.25) is 0 Å². The van der Waals surface area contributed by atoms with E-state index in [0.29, 0.717) is 0 Å². The Bertz CT molecular complexity index is 247. The van der Waals surface area contributed by atoms with Gasteiger partial charge < -0.3 is 4.74 Å². The summed E-state index contributed by atoms with van der Waals surface area (Å²) in [6.45, 7) is 2.21. The average Bonchev–Trinajstić information content (AvgIpc) is 2.27. The van der Waals surface area contributed by atoms with Crippen molar-refractivity contribution < 1.29 is 4.74 Å². The number of rotatable bonds is 4. The van der Waals surface area contributed by atoms with Crippen LogP contribution in [-0.4, -0.2) is 12.4 Å². The first kappa shape index (κ1) is 15.0. The molecule has 0 saturated heterocycles. The molecule has 0 aliphatic heterocycles. The summed E-state index contributed by atoms with van der Waals surface area (Å²) < 4.78 is 6.01. The van der Waals surface area contributed by atoms with E-state index in [9.17, 15) is 0 Å². The lowest BCUT2D eigenvalue weighted by Crippen LogP contribution is -1.79. The molecule has 0 N–H and O–H groups in total. The molecule has 0 unspecified atom stereocenters. The maximum absolute atomic E-state index is 4.96. The van der Waals surface area contributed by atoms with Gasteiger partial charge in [-0.25, -0.2) is 0 Å². The zero-order valence-corrected chi connectivity index (χ0v) is 12.5. The third-order valence-corrected chi connectivity index (χ3v) is 2.82. The normalized spacial score (nSPS) is 9.07. The van der Waals surface area contributed by atoms with Crippen LogP contribution in [0.25, 0.3) is 0 Å². The lowest BCUT2D eigenvalue weighted by Gasteiger charge is -1.96. The van der Waals surface area contributed by atoms with E-state index in [1.165, 1.54) is 24.6 Å². The summed E-state index contributed by atoms with van der Waals surface area (Å²) in [5.41, 5.74) is 0. The number of alkyl halides is 1. The largest absolute Gasteiger partial charge is 0.497 e. The van der Waals surface area contributed by atoms with Crippen molar-refractivity contribution in [2.75, 3.05) is 12.4 Å². The van der Waals surface area contributed by atoms with E-state index in [0.717, 1.165) is 10.2 Å². The smallest absolute Gasteiger partial charge is 0.119 e. The summed E-state index contributed by atoms with van der Waals surface area (Å²) in [6.07, 6.45) is 4.02. The fourth-order valence-electron chi connectivity index (χ4n) is 0.938. The fourth-order valence-corrected chi connectivity index (χ4v) is 1.71. The highest BCUT2D eigenvalue weighted by atomic mass is 79.9. The van der Waals surface area contributed by atoms with E-state index in [2.05, 4.69) is 38.8 Å². The maximum Gasteiger partial charge on any atom is 0.119 e. The molecule has 0 aromatic heterocycles. The van der Waals surface area contributed by atoms with Crippen molar-refractivity contribution in [3.63, 3.8) is 0 Å². The highest BCUT2D eigenvalue weighted by molar-refractivity contribution is 9.10. The van der Waals surface area contributed by atoms with Gasteiger partial charge in [-0.3, -0.25) is 0 Å². The second-order valence-corrected chi connectivity index (χ2v) is 4.77. The van der Waals surface area contributed by atoms with Crippen LogP contribution in [-0.2, 0) is 0 Å². The van der Waals surface area contributed by atoms with Gasteiger partial charge in [-0.05, 0) is 24.6 Å². The minimum absolute atomic E-state index is 0.879. The molecule has 0 atom stereocenters. The number of hydrogen-bond donors (Lipinski definition) is 0. The summed E-state index contributed by atoms with van der Waals surface area (Å²) in [4.78, 5) is 0.